The lowest BCUT2D eigenvalue weighted by atomic mass is 9.95. The number of nitrogens with zero attached hydrogens (tertiary/aromatic N) is 2. The van der Waals surface area contributed by atoms with Crippen LogP contribution in [-0.4, -0.2) is 60.3 Å². The summed E-state index contributed by atoms with van der Waals surface area (Å²) in [6.45, 7) is 10.4. The second-order valence-corrected chi connectivity index (χ2v) is 7.71. The number of rotatable bonds is 7. The molecule has 3 aliphatic rings. The van der Waals surface area contributed by atoms with Gasteiger partial charge in [-0.15, -0.1) is 0 Å². The van der Waals surface area contributed by atoms with Crippen molar-refractivity contribution in [2.45, 2.75) is 39.3 Å². The Morgan fingerprint density at radius 2 is 2.04 bits per heavy atom. The molecule has 4 heteroatoms. The fourth-order valence-electron chi connectivity index (χ4n) is 4.10. The number of aliphatic hydroxyl groups excluding tert-OH is 1. The third-order valence-electron chi connectivity index (χ3n) is 5.35. The highest BCUT2D eigenvalue weighted by atomic mass is 16.5. The number of hydrogen-bond donors (Lipinski definition) is 1. The average Bonchev–Trinajstić information content (AvgIpc) is 2.89. The Morgan fingerprint density at radius 1 is 1.20 bits per heavy atom. The van der Waals surface area contributed by atoms with Crippen LogP contribution in [0.25, 0.3) is 0 Å². The lowest BCUT2D eigenvalue weighted by Gasteiger charge is -2.35. The van der Waals surface area contributed by atoms with Crippen LogP contribution < -0.4 is 4.74 Å². The molecule has 138 valence electrons. The van der Waals surface area contributed by atoms with Gasteiger partial charge in [0.15, 0.2) is 0 Å². The summed E-state index contributed by atoms with van der Waals surface area (Å²) in [6.07, 6.45) is 5.04. The summed E-state index contributed by atoms with van der Waals surface area (Å²) in [5.41, 5.74) is 2.64. The maximum atomic E-state index is 9.03. The standard InChI is InChI=1S/C21H32N2O2/c1-17(2)9-10-23-14-18-7-8-20(23)16-22(13-18)15-19-5-3-4-6-21(19)25-12-11-24/h3-6,9,18,20,24H,7-8,10-16H2,1-2H3/t18-,20+/m0/s1. The fourth-order valence-corrected chi connectivity index (χ4v) is 4.10. The van der Waals surface area contributed by atoms with Crippen LogP contribution >= 0.6 is 0 Å². The van der Waals surface area contributed by atoms with E-state index in [-0.39, 0.29) is 6.61 Å². The van der Waals surface area contributed by atoms with Gasteiger partial charge in [0, 0.05) is 44.3 Å². The van der Waals surface area contributed by atoms with E-state index in [2.05, 4.69) is 41.9 Å². The Kier molecular flexibility index (Phi) is 6.51. The van der Waals surface area contributed by atoms with E-state index in [9.17, 15) is 0 Å². The van der Waals surface area contributed by atoms with Gasteiger partial charge in [-0.25, -0.2) is 0 Å². The highest BCUT2D eigenvalue weighted by Crippen LogP contribution is 2.30. The van der Waals surface area contributed by atoms with E-state index >= 15 is 0 Å². The van der Waals surface area contributed by atoms with Crippen molar-refractivity contribution in [1.29, 1.82) is 0 Å². The topological polar surface area (TPSA) is 35.9 Å². The molecule has 0 spiro atoms. The third kappa shape index (κ3) is 5.06. The number of allylic oxidation sites excluding steroid dienone is 1. The van der Waals surface area contributed by atoms with Crippen LogP contribution in [0.4, 0.5) is 0 Å². The molecule has 3 aliphatic heterocycles. The van der Waals surface area contributed by atoms with Gasteiger partial charge < -0.3 is 9.84 Å². The predicted octanol–water partition coefficient (Wildman–Crippen LogP) is 2.92. The highest BCUT2D eigenvalue weighted by Gasteiger charge is 2.34. The van der Waals surface area contributed by atoms with Crippen molar-refractivity contribution in [2.75, 3.05) is 39.4 Å². The summed E-state index contributed by atoms with van der Waals surface area (Å²) in [6, 6.07) is 8.91. The van der Waals surface area contributed by atoms with E-state index < -0.39 is 0 Å². The molecule has 4 nitrogen and oxygen atoms in total. The van der Waals surface area contributed by atoms with E-state index in [0.717, 1.165) is 31.3 Å². The molecule has 0 unspecified atom stereocenters. The Balaban J connectivity index is 1.66. The van der Waals surface area contributed by atoms with E-state index in [1.807, 2.05) is 12.1 Å². The Morgan fingerprint density at radius 3 is 2.84 bits per heavy atom. The molecule has 2 bridgehead atoms. The molecule has 0 radical (unpaired) electrons. The van der Waals surface area contributed by atoms with Crippen LogP contribution in [-0.2, 0) is 6.54 Å². The van der Waals surface area contributed by atoms with Crippen LogP contribution in [0.2, 0.25) is 0 Å². The van der Waals surface area contributed by atoms with Gasteiger partial charge in [-0.2, -0.15) is 0 Å². The molecule has 0 saturated carbocycles. The second kappa shape index (κ2) is 8.84. The van der Waals surface area contributed by atoms with Crippen LogP contribution in [0.15, 0.2) is 35.9 Å². The number of piperidine rings is 1. The minimum absolute atomic E-state index is 0.0571. The molecule has 1 aromatic rings. The largest absolute Gasteiger partial charge is 0.491 e. The molecule has 0 amide bonds. The molecule has 2 atom stereocenters. The number of fused-ring (bicyclic) bond motifs is 4. The molecular formula is C21H32N2O2. The second-order valence-electron chi connectivity index (χ2n) is 7.71. The SMILES string of the molecule is CC(C)=CCN1C[C@H]2CC[C@@H]1CN(Cc1ccccc1OCCO)C2. The normalized spacial score (nSPS) is 24.1. The van der Waals surface area contributed by atoms with Crippen LogP contribution in [0.1, 0.15) is 32.3 Å². The summed E-state index contributed by atoms with van der Waals surface area (Å²) in [7, 11) is 0. The zero-order valence-electron chi connectivity index (χ0n) is 15.7. The maximum absolute atomic E-state index is 9.03. The summed E-state index contributed by atoms with van der Waals surface area (Å²) in [5.74, 6) is 1.68. The number of benzene rings is 1. The lowest BCUT2D eigenvalue weighted by Crippen LogP contribution is -2.43. The molecule has 0 aromatic heterocycles. The number of para-hydroxylation sites is 1. The lowest BCUT2D eigenvalue weighted by molar-refractivity contribution is 0.146. The quantitative estimate of drug-likeness (QED) is 0.772. The third-order valence-corrected chi connectivity index (χ3v) is 5.35. The van der Waals surface area contributed by atoms with E-state index in [4.69, 9.17) is 9.84 Å². The average molecular weight is 344 g/mol. The number of hydrogen-bond acceptors (Lipinski definition) is 4. The molecule has 3 saturated heterocycles. The summed E-state index contributed by atoms with van der Waals surface area (Å²) in [4.78, 5) is 5.28. The first-order chi connectivity index (χ1) is 12.2. The minimum Gasteiger partial charge on any atom is -0.491 e. The summed E-state index contributed by atoms with van der Waals surface area (Å²) < 4.78 is 5.72. The smallest absolute Gasteiger partial charge is 0.123 e. The van der Waals surface area contributed by atoms with E-state index in [1.54, 1.807) is 0 Å². The van der Waals surface area contributed by atoms with Gasteiger partial charge in [0.05, 0.1) is 6.61 Å². The summed E-state index contributed by atoms with van der Waals surface area (Å²) in [5, 5.41) is 9.03. The van der Waals surface area contributed by atoms with E-state index in [1.165, 1.54) is 37.1 Å². The molecule has 3 heterocycles. The summed E-state index contributed by atoms with van der Waals surface area (Å²) >= 11 is 0. The van der Waals surface area contributed by atoms with Crippen molar-refractivity contribution >= 4 is 0 Å². The Labute approximate surface area is 152 Å². The van der Waals surface area contributed by atoms with Gasteiger partial charge in [-0.3, -0.25) is 9.80 Å². The van der Waals surface area contributed by atoms with Gasteiger partial charge >= 0.3 is 0 Å². The first kappa shape index (κ1) is 18.4. The van der Waals surface area contributed by atoms with Gasteiger partial charge in [0.25, 0.3) is 0 Å². The van der Waals surface area contributed by atoms with E-state index in [0.29, 0.717) is 12.6 Å². The molecule has 4 rings (SSSR count). The molecular weight excluding hydrogens is 312 g/mol. The van der Waals surface area contributed by atoms with Gasteiger partial charge in [-0.1, -0.05) is 29.8 Å². The van der Waals surface area contributed by atoms with Gasteiger partial charge in [0.1, 0.15) is 12.4 Å². The van der Waals surface area contributed by atoms with Crippen molar-refractivity contribution in [2.24, 2.45) is 5.92 Å². The first-order valence-electron chi connectivity index (χ1n) is 9.57. The minimum atomic E-state index is 0.0571. The zero-order chi connectivity index (χ0) is 17.6. The van der Waals surface area contributed by atoms with Gasteiger partial charge in [0.2, 0.25) is 0 Å². The molecule has 0 aliphatic carbocycles. The molecule has 25 heavy (non-hydrogen) atoms. The number of ether oxygens (including phenoxy) is 1. The van der Waals surface area contributed by atoms with Crippen LogP contribution in [0, 0.1) is 5.92 Å². The zero-order valence-corrected chi connectivity index (χ0v) is 15.7. The fraction of sp³-hybridized carbons (Fsp3) is 0.619. The highest BCUT2D eigenvalue weighted by molar-refractivity contribution is 5.33. The number of aliphatic hydroxyl groups is 1. The molecule has 3 fully saturated rings. The van der Waals surface area contributed by atoms with Gasteiger partial charge in [-0.05, 0) is 38.7 Å². The monoisotopic (exact) mass is 344 g/mol. The molecule has 1 aromatic carbocycles. The maximum Gasteiger partial charge on any atom is 0.123 e. The van der Waals surface area contributed by atoms with Crippen molar-refractivity contribution in [3.05, 3.63) is 41.5 Å². The van der Waals surface area contributed by atoms with Crippen molar-refractivity contribution in [3.63, 3.8) is 0 Å². The predicted molar refractivity (Wildman–Crippen MR) is 102 cm³/mol. The first-order valence-corrected chi connectivity index (χ1v) is 9.57. The van der Waals surface area contributed by atoms with Crippen LogP contribution in [0.5, 0.6) is 5.75 Å². The Bertz CT molecular complexity index is 583. The van der Waals surface area contributed by atoms with Crippen LogP contribution in [0.3, 0.4) is 0 Å². The molecule has 1 N–H and O–H groups in total. The van der Waals surface area contributed by atoms with Crippen molar-refractivity contribution < 1.29 is 9.84 Å². The van der Waals surface area contributed by atoms with Crippen molar-refractivity contribution in [1.82, 2.24) is 9.80 Å². The van der Waals surface area contributed by atoms with Crippen molar-refractivity contribution in [3.8, 4) is 5.75 Å². The Hall–Kier alpha value is -1.36.